The number of hydrogen-bond donors (Lipinski definition) is 2. The van der Waals surface area contributed by atoms with E-state index in [0.29, 0.717) is 11.0 Å². The molecule has 0 atom stereocenters. The highest BCUT2D eigenvalue weighted by Gasteiger charge is 2.19. The molecule has 2 N–H and O–H groups in total. The van der Waals surface area contributed by atoms with E-state index in [4.69, 9.17) is 0 Å². The molecule has 8 heteroatoms. The van der Waals surface area contributed by atoms with Gasteiger partial charge in [0.1, 0.15) is 16.9 Å². The van der Waals surface area contributed by atoms with Crippen LogP contribution >= 0.6 is 11.8 Å². The molecule has 0 bridgehead atoms. The van der Waals surface area contributed by atoms with E-state index in [1.807, 2.05) is 24.3 Å². The highest BCUT2D eigenvalue weighted by atomic mass is 32.2. The highest BCUT2D eigenvalue weighted by molar-refractivity contribution is 7.99. The summed E-state index contributed by atoms with van der Waals surface area (Å²) < 4.78 is 15.6. The summed E-state index contributed by atoms with van der Waals surface area (Å²) in [5.74, 6) is -0.697. The number of aromatic amines is 1. The summed E-state index contributed by atoms with van der Waals surface area (Å²) >= 11 is 1.08. The van der Waals surface area contributed by atoms with Gasteiger partial charge in [-0.05, 0) is 18.2 Å². The first kappa shape index (κ1) is 17.3. The number of halogens is 1. The van der Waals surface area contributed by atoms with Crippen LogP contribution in [0.2, 0.25) is 0 Å². The molecule has 4 rings (SSSR count). The van der Waals surface area contributed by atoms with Crippen LogP contribution in [0.5, 0.6) is 0 Å². The molecular formula is C19H15FN4O2S. The van der Waals surface area contributed by atoms with Crippen molar-refractivity contribution in [2.45, 2.75) is 5.16 Å². The number of amides is 1. The zero-order chi connectivity index (χ0) is 19.0. The number of aromatic nitrogens is 3. The molecule has 6 nitrogen and oxygen atoms in total. The Morgan fingerprint density at radius 3 is 2.74 bits per heavy atom. The minimum atomic E-state index is -0.543. The maximum atomic E-state index is 14.4. The van der Waals surface area contributed by atoms with Crippen LogP contribution in [0.4, 0.5) is 4.39 Å². The summed E-state index contributed by atoms with van der Waals surface area (Å²) in [6.45, 7) is 0. The van der Waals surface area contributed by atoms with Gasteiger partial charge in [0, 0.05) is 18.0 Å². The lowest BCUT2D eigenvalue weighted by molar-refractivity contribution is -0.118. The molecular weight excluding hydrogens is 367 g/mol. The largest absolute Gasteiger partial charge is 0.358 e. The van der Waals surface area contributed by atoms with Gasteiger partial charge in [-0.15, -0.1) is 0 Å². The van der Waals surface area contributed by atoms with Gasteiger partial charge in [0.25, 0.3) is 5.56 Å². The van der Waals surface area contributed by atoms with Crippen molar-refractivity contribution in [1.29, 1.82) is 0 Å². The Morgan fingerprint density at radius 2 is 1.96 bits per heavy atom. The van der Waals surface area contributed by atoms with Crippen molar-refractivity contribution in [2.24, 2.45) is 0 Å². The smallest absolute Gasteiger partial charge is 0.283 e. The van der Waals surface area contributed by atoms with Crippen LogP contribution in [-0.4, -0.2) is 33.2 Å². The summed E-state index contributed by atoms with van der Waals surface area (Å²) in [7, 11) is 1.53. The standard InChI is InChI=1S/C19H15FN4O2S/c1-21-15(25)10-27-19-23-16-11-6-2-4-8-13(11)22-17(16)18(26)24(19)14-9-5-3-7-12(14)20/h2-9,22H,10H2,1H3,(H,21,25). The average Bonchev–Trinajstić information content (AvgIpc) is 3.06. The van der Waals surface area contributed by atoms with Crippen molar-refractivity contribution in [3.63, 3.8) is 0 Å². The summed E-state index contributed by atoms with van der Waals surface area (Å²) in [6, 6.07) is 13.4. The molecule has 27 heavy (non-hydrogen) atoms. The van der Waals surface area contributed by atoms with Crippen molar-refractivity contribution in [1.82, 2.24) is 19.9 Å². The van der Waals surface area contributed by atoms with E-state index >= 15 is 0 Å². The Hall–Kier alpha value is -3.13. The van der Waals surface area contributed by atoms with Gasteiger partial charge in [0.2, 0.25) is 5.91 Å². The second kappa shape index (κ2) is 6.88. The number of benzene rings is 2. The van der Waals surface area contributed by atoms with Crippen LogP contribution in [-0.2, 0) is 4.79 Å². The highest BCUT2D eigenvalue weighted by Crippen LogP contribution is 2.26. The van der Waals surface area contributed by atoms with E-state index in [0.717, 1.165) is 22.7 Å². The minimum absolute atomic E-state index is 0.0608. The number of para-hydroxylation sites is 2. The van der Waals surface area contributed by atoms with E-state index < -0.39 is 11.4 Å². The van der Waals surface area contributed by atoms with Gasteiger partial charge in [-0.3, -0.25) is 14.2 Å². The molecule has 2 aromatic heterocycles. The molecule has 1 amide bonds. The molecule has 0 saturated carbocycles. The van der Waals surface area contributed by atoms with E-state index in [-0.39, 0.29) is 22.5 Å². The van der Waals surface area contributed by atoms with Crippen LogP contribution in [0.25, 0.3) is 27.6 Å². The van der Waals surface area contributed by atoms with Gasteiger partial charge in [0.15, 0.2) is 5.16 Å². The number of fused-ring (bicyclic) bond motifs is 3. The van der Waals surface area contributed by atoms with Gasteiger partial charge in [-0.1, -0.05) is 42.1 Å². The second-order valence-electron chi connectivity index (χ2n) is 5.84. The zero-order valence-corrected chi connectivity index (χ0v) is 15.1. The predicted octanol–water partition coefficient (Wildman–Crippen LogP) is 2.84. The van der Waals surface area contributed by atoms with E-state index in [9.17, 15) is 14.0 Å². The molecule has 0 aliphatic rings. The molecule has 136 valence electrons. The fourth-order valence-corrected chi connectivity index (χ4v) is 3.76. The topological polar surface area (TPSA) is 79.8 Å². The Kier molecular flexibility index (Phi) is 4.41. The molecule has 0 fully saturated rings. The molecule has 4 aromatic rings. The summed E-state index contributed by atoms with van der Waals surface area (Å²) in [6.07, 6.45) is 0. The predicted molar refractivity (Wildman–Crippen MR) is 104 cm³/mol. The molecule has 0 aliphatic heterocycles. The third kappa shape index (κ3) is 2.97. The van der Waals surface area contributed by atoms with E-state index in [1.54, 1.807) is 12.1 Å². The van der Waals surface area contributed by atoms with Gasteiger partial charge in [0.05, 0.1) is 11.4 Å². The van der Waals surface area contributed by atoms with Crippen LogP contribution in [0, 0.1) is 5.82 Å². The number of hydrogen-bond acceptors (Lipinski definition) is 4. The lowest BCUT2D eigenvalue weighted by atomic mass is 10.2. The summed E-state index contributed by atoms with van der Waals surface area (Å²) in [4.78, 5) is 32.5. The normalized spacial score (nSPS) is 11.2. The number of thioether (sulfide) groups is 1. The average molecular weight is 382 g/mol. The van der Waals surface area contributed by atoms with Gasteiger partial charge >= 0.3 is 0 Å². The quantitative estimate of drug-likeness (QED) is 0.420. The first-order valence-electron chi connectivity index (χ1n) is 8.22. The molecule has 0 aliphatic carbocycles. The molecule has 0 radical (unpaired) electrons. The maximum absolute atomic E-state index is 14.4. The Labute approximate surface area is 157 Å². The third-order valence-corrected chi connectivity index (χ3v) is 5.14. The van der Waals surface area contributed by atoms with Crippen molar-refractivity contribution < 1.29 is 9.18 Å². The Morgan fingerprint density at radius 1 is 1.22 bits per heavy atom. The monoisotopic (exact) mass is 382 g/mol. The zero-order valence-electron chi connectivity index (χ0n) is 14.3. The number of rotatable bonds is 4. The van der Waals surface area contributed by atoms with Gasteiger partial charge in [-0.25, -0.2) is 9.37 Å². The van der Waals surface area contributed by atoms with Crippen molar-refractivity contribution in [3.8, 4) is 5.69 Å². The van der Waals surface area contributed by atoms with Crippen molar-refractivity contribution in [3.05, 3.63) is 64.7 Å². The van der Waals surface area contributed by atoms with E-state index in [1.165, 1.54) is 23.7 Å². The summed E-state index contributed by atoms with van der Waals surface area (Å²) in [5, 5.41) is 3.58. The minimum Gasteiger partial charge on any atom is -0.358 e. The lowest BCUT2D eigenvalue weighted by Gasteiger charge is -2.12. The fraction of sp³-hybridized carbons (Fsp3) is 0.105. The van der Waals surface area contributed by atoms with Gasteiger partial charge in [-0.2, -0.15) is 0 Å². The van der Waals surface area contributed by atoms with E-state index in [2.05, 4.69) is 15.3 Å². The van der Waals surface area contributed by atoms with Crippen LogP contribution < -0.4 is 10.9 Å². The molecule has 2 aromatic carbocycles. The van der Waals surface area contributed by atoms with Crippen LogP contribution in [0.1, 0.15) is 0 Å². The Balaban J connectivity index is 2.02. The number of H-pyrrole nitrogens is 1. The van der Waals surface area contributed by atoms with Crippen LogP contribution in [0.3, 0.4) is 0 Å². The maximum Gasteiger partial charge on any atom is 0.283 e. The lowest BCUT2D eigenvalue weighted by Crippen LogP contribution is -2.24. The first-order chi connectivity index (χ1) is 13.1. The fourth-order valence-electron chi connectivity index (χ4n) is 2.89. The number of nitrogens with one attached hydrogen (secondary N) is 2. The second-order valence-corrected chi connectivity index (χ2v) is 6.78. The van der Waals surface area contributed by atoms with Crippen LogP contribution in [0.15, 0.2) is 58.5 Å². The first-order valence-corrected chi connectivity index (χ1v) is 9.20. The SMILES string of the molecule is CNC(=O)CSc1nc2c([nH]c3ccccc32)c(=O)n1-c1ccccc1F. The molecule has 0 spiro atoms. The summed E-state index contributed by atoms with van der Waals surface area (Å²) in [5.41, 5.74) is 1.24. The molecule has 0 saturated heterocycles. The number of carbonyl (C=O) groups excluding carboxylic acids is 1. The van der Waals surface area contributed by atoms with Crippen molar-refractivity contribution >= 4 is 39.6 Å². The number of carbonyl (C=O) groups is 1. The number of nitrogens with zero attached hydrogens (tertiary/aromatic N) is 2. The third-order valence-electron chi connectivity index (χ3n) is 4.20. The molecule has 2 heterocycles. The van der Waals surface area contributed by atoms with Gasteiger partial charge < -0.3 is 10.3 Å². The Bertz CT molecular complexity index is 1230. The molecule has 0 unspecified atom stereocenters. The van der Waals surface area contributed by atoms with Crippen molar-refractivity contribution in [2.75, 3.05) is 12.8 Å².